The van der Waals surface area contributed by atoms with E-state index in [1.807, 2.05) is 6.07 Å². The number of nitrogens with zero attached hydrogens (tertiary/aromatic N) is 2. The van der Waals surface area contributed by atoms with Gasteiger partial charge in [-0.05, 0) is 55.9 Å². The van der Waals surface area contributed by atoms with E-state index in [-0.39, 0.29) is 5.41 Å². The van der Waals surface area contributed by atoms with E-state index in [1.54, 1.807) is 0 Å². The average molecular weight is 499 g/mol. The first-order valence-electron chi connectivity index (χ1n) is 13.5. The number of fused-ring (bicyclic) bond motifs is 8. The predicted molar refractivity (Wildman–Crippen MR) is 163 cm³/mol. The van der Waals surface area contributed by atoms with E-state index in [2.05, 4.69) is 129 Å². The molecule has 1 aliphatic carbocycles. The van der Waals surface area contributed by atoms with Crippen LogP contribution < -0.4 is 0 Å². The third kappa shape index (κ3) is 3.21. The lowest BCUT2D eigenvalue weighted by Gasteiger charge is -2.21. The Morgan fingerprint density at radius 3 is 2.21 bits per heavy atom. The van der Waals surface area contributed by atoms with E-state index in [4.69, 9.17) is 9.97 Å². The Morgan fingerprint density at radius 2 is 1.31 bits per heavy atom. The van der Waals surface area contributed by atoms with Crippen molar-refractivity contribution in [3.63, 3.8) is 0 Å². The number of aromatic nitrogens is 2. The molecule has 0 spiro atoms. The van der Waals surface area contributed by atoms with Gasteiger partial charge in [-0.1, -0.05) is 123 Å². The fourth-order valence-corrected chi connectivity index (χ4v) is 6.51. The molecule has 8 rings (SSSR count). The van der Waals surface area contributed by atoms with Crippen LogP contribution in [0.1, 0.15) is 25.0 Å². The van der Waals surface area contributed by atoms with E-state index in [9.17, 15) is 0 Å². The minimum Gasteiger partial charge on any atom is -0.228 e. The van der Waals surface area contributed by atoms with Crippen LogP contribution in [0.4, 0.5) is 0 Å². The lowest BCUT2D eigenvalue weighted by Crippen LogP contribution is -2.14. The second-order valence-corrected chi connectivity index (χ2v) is 11.0. The van der Waals surface area contributed by atoms with Gasteiger partial charge in [-0.2, -0.15) is 0 Å². The Balaban J connectivity index is 1.37. The summed E-state index contributed by atoms with van der Waals surface area (Å²) in [4.78, 5) is 10.3. The molecule has 0 N–H and O–H groups in total. The molecule has 1 aliphatic rings. The second kappa shape index (κ2) is 8.09. The summed E-state index contributed by atoms with van der Waals surface area (Å²) >= 11 is 0. The number of rotatable bonds is 2. The molecule has 0 amide bonds. The van der Waals surface area contributed by atoms with E-state index >= 15 is 0 Å². The Hall–Kier alpha value is -4.82. The molecule has 0 saturated heterocycles. The van der Waals surface area contributed by atoms with Gasteiger partial charge in [-0.3, -0.25) is 0 Å². The molecular formula is C37H26N2. The molecular weight excluding hydrogens is 472 g/mol. The zero-order valence-corrected chi connectivity index (χ0v) is 21.9. The van der Waals surface area contributed by atoms with Crippen LogP contribution in [0.3, 0.4) is 0 Å². The molecule has 7 aromatic rings. The Bertz CT molecular complexity index is 2090. The van der Waals surface area contributed by atoms with Gasteiger partial charge in [0.15, 0.2) is 5.82 Å². The van der Waals surface area contributed by atoms with Gasteiger partial charge in [0.25, 0.3) is 0 Å². The van der Waals surface area contributed by atoms with Crippen molar-refractivity contribution in [1.82, 2.24) is 9.97 Å². The summed E-state index contributed by atoms with van der Waals surface area (Å²) < 4.78 is 0. The maximum absolute atomic E-state index is 5.22. The van der Waals surface area contributed by atoms with Crippen molar-refractivity contribution in [2.45, 2.75) is 19.3 Å². The molecule has 0 fully saturated rings. The third-order valence-electron chi connectivity index (χ3n) is 8.46. The summed E-state index contributed by atoms with van der Waals surface area (Å²) in [6.07, 6.45) is 0. The first-order valence-corrected chi connectivity index (χ1v) is 13.5. The van der Waals surface area contributed by atoms with Crippen LogP contribution in [0, 0.1) is 0 Å². The van der Waals surface area contributed by atoms with Gasteiger partial charge < -0.3 is 0 Å². The average Bonchev–Trinajstić information content (AvgIpc) is 3.23. The lowest BCUT2D eigenvalue weighted by atomic mass is 9.82. The Labute approximate surface area is 227 Å². The molecule has 2 heteroatoms. The SMILES string of the molecule is CC1(C)c2ccccc2-c2c1ccc1cc(-c3nc(-c4ccccc4)c4c(ccc5ccccc54)n3)ccc21. The topological polar surface area (TPSA) is 25.8 Å². The van der Waals surface area contributed by atoms with E-state index in [1.165, 1.54) is 43.8 Å². The van der Waals surface area contributed by atoms with Gasteiger partial charge in [-0.15, -0.1) is 0 Å². The second-order valence-electron chi connectivity index (χ2n) is 11.0. The molecule has 1 aromatic heterocycles. The predicted octanol–water partition coefficient (Wildman–Crippen LogP) is 9.58. The Kier molecular flexibility index (Phi) is 4.60. The van der Waals surface area contributed by atoms with Gasteiger partial charge in [0.05, 0.1) is 11.2 Å². The highest BCUT2D eigenvalue weighted by Crippen LogP contribution is 2.51. The largest absolute Gasteiger partial charge is 0.228 e. The summed E-state index contributed by atoms with van der Waals surface area (Å²) in [5.41, 5.74) is 9.54. The van der Waals surface area contributed by atoms with Crippen molar-refractivity contribution < 1.29 is 0 Å². The van der Waals surface area contributed by atoms with Gasteiger partial charge in [0, 0.05) is 21.9 Å². The van der Waals surface area contributed by atoms with Gasteiger partial charge in [0.2, 0.25) is 0 Å². The van der Waals surface area contributed by atoms with Crippen molar-refractivity contribution in [3.8, 4) is 33.8 Å². The fourth-order valence-electron chi connectivity index (χ4n) is 6.51. The zero-order valence-electron chi connectivity index (χ0n) is 21.9. The molecule has 6 aromatic carbocycles. The van der Waals surface area contributed by atoms with E-state index in [0.29, 0.717) is 0 Å². The monoisotopic (exact) mass is 498 g/mol. The van der Waals surface area contributed by atoms with Gasteiger partial charge >= 0.3 is 0 Å². The van der Waals surface area contributed by atoms with Gasteiger partial charge in [0.1, 0.15) is 0 Å². The summed E-state index contributed by atoms with van der Waals surface area (Å²) in [6, 6.07) is 43.3. The van der Waals surface area contributed by atoms with Crippen LogP contribution in [0.5, 0.6) is 0 Å². The third-order valence-corrected chi connectivity index (χ3v) is 8.46. The quantitative estimate of drug-likeness (QED) is 0.222. The molecule has 39 heavy (non-hydrogen) atoms. The fraction of sp³-hybridized carbons (Fsp3) is 0.0811. The molecule has 0 unspecified atom stereocenters. The van der Waals surface area contributed by atoms with E-state index < -0.39 is 0 Å². The first kappa shape index (κ1) is 22.2. The zero-order chi connectivity index (χ0) is 26.1. The molecule has 0 atom stereocenters. The first-order chi connectivity index (χ1) is 19.1. The van der Waals surface area contributed by atoms with Crippen LogP contribution in [-0.4, -0.2) is 9.97 Å². The van der Waals surface area contributed by atoms with Crippen LogP contribution in [0.15, 0.2) is 121 Å². The highest BCUT2D eigenvalue weighted by atomic mass is 14.9. The maximum Gasteiger partial charge on any atom is 0.160 e. The molecule has 0 saturated carbocycles. The standard InChI is InChI=1S/C37H26N2/c1-37(2)30-15-9-8-14-29(30)33-28-19-16-26(22-25(28)17-20-31(33)37)36-38-32-21-18-23-10-6-7-13-27(23)34(32)35(39-36)24-11-4-3-5-12-24/h3-22H,1-2H3. The van der Waals surface area contributed by atoms with Crippen molar-refractivity contribution in [1.29, 1.82) is 0 Å². The van der Waals surface area contributed by atoms with Gasteiger partial charge in [-0.25, -0.2) is 9.97 Å². The number of hydrogen-bond acceptors (Lipinski definition) is 2. The smallest absolute Gasteiger partial charge is 0.160 e. The van der Waals surface area contributed by atoms with Crippen LogP contribution in [0.2, 0.25) is 0 Å². The number of benzene rings is 6. The molecule has 184 valence electrons. The van der Waals surface area contributed by atoms with Crippen molar-refractivity contribution in [2.75, 3.05) is 0 Å². The highest BCUT2D eigenvalue weighted by molar-refractivity contribution is 6.12. The lowest BCUT2D eigenvalue weighted by molar-refractivity contribution is 0.661. The molecule has 2 nitrogen and oxygen atoms in total. The molecule has 1 heterocycles. The molecule has 0 radical (unpaired) electrons. The molecule has 0 bridgehead atoms. The maximum atomic E-state index is 5.22. The highest BCUT2D eigenvalue weighted by Gasteiger charge is 2.36. The summed E-state index contributed by atoms with van der Waals surface area (Å²) in [6.45, 7) is 4.66. The Morgan fingerprint density at radius 1 is 0.538 bits per heavy atom. The van der Waals surface area contributed by atoms with Crippen LogP contribution >= 0.6 is 0 Å². The summed E-state index contributed by atoms with van der Waals surface area (Å²) in [5.74, 6) is 0.750. The van der Waals surface area contributed by atoms with Crippen LogP contribution in [-0.2, 0) is 5.41 Å². The molecule has 0 aliphatic heterocycles. The normalized spacial score (nSPS) is 13.6. The van der Waals surface area contributed by atoms with Crippen molar-refractivity contribution >= 4 is 32.4 Å². The van der Waals surface area contributed by atoms with Crippen molar-refractivity contribution in [2.24, 2.45) is 0 Å². The summed E-state index contributed by atoms with van der Waals surface area (Å²) in [7, 11) is 0. The van der Waals surface area contributed by atoms with Crippen LogP contribution in [0.25, 0.3) is 66.2 Å². The van der Waals surface area contributed by atoms with E-state index in [0.717, 1.165) is 33.5 Å². The van der Waals surface area contributed by atoms with Crippen molar-refractivity contribution in [3.05, 3.63) is 132 Å². The number of hydrogen-bond donors (Lipinski definition) is 0. The minimum absolute atomic E-state index is 0.00635. The minimum atomic E-state index is -0.00635. The summed E-state index contributed by atoms with van der Waals surface area (Å²) in [5, 5.41) is 5.96.